The molecule has 0 radical (unpaired) electrons. The first-order valence-corrected chi connectivity index (χ1v) is 25.6. The summed E-state index contributed by atoms with van der Waals surface area (Å²) in [6.07, 6.45) is 14.6. The van der Waals surface area contributed by atoms with E-state index in [0.717, 1.165) is 43.8 Å². The normalized spacial score (nSPS) is 11.8. The predicted molar refractivity (Wildman–Crippen MR) is 282 cm³/mol. The summed E-state index contributed by atoms with van der Waals surface area (Å²) in [5, 5.41) is 18.2. The van der Waals surface area contributed by atoms with Gasteiger partial charge in [-0.1, -0.05) is 154 Å². The van der Waals surface area contributed by atoms with Crippen molar-refractivity contribution in [2.45, 2.75) is 192 Å². The van der Waals surface area contributed by atoms with Crippen LogP contribution in [0, 0.1) is 11.8 Å². The third-order valence-electron chi connectivity index (χ3n) is 10.2. The maximum Gasteiger partial charge on any atom is 0.313 e. The molecule has 0 aliphatic rings. The number of rotatable bonds is 27. The molecule has 2 aromatic rings. The number of aliphatic hydroxyl groups is 1. The number of halogens is 2. The third-order valence-corrected chi connectivity index (χ3v) is 10.8. The molecule has 0 saturated carbocycles. The summed E-state index contributed by atoms with van der Waals surface area (Å²) in [6, 6.07) is 13.3. The van der Waals surface area contributed by atoms with Crippen molar-refractivity contribution in [1.82, 2.24) is 10.6 Å². The number of para-hydroxylation sites is 1. The zero-order valence-electron chi connectivity index (χ0n) is 43.9. The zero-order valence-corrected chi connectivity index (χ0v) is 45.5. The Morgan fingerprint density at radius 1 is 0.773 bits per heavy atom. The summed E-state index contributed by atoms with van der Waals surface area (Å²) in [6.45, 7) is 32.6. The van der Waals surface area contributed by atoms with Gasteiger partial charge >= 0.3 is 5.97 Å². The molecular weight excluding hydrogens is 874 g/mol. The number of carbonyl (C=O) groups excluding carboxylic acids is 3. The van der Waals surface area contributed by atoms with Gasteiger partial charge in [0.15, 0.2) is 5.75 Å². The smallest absolute Gasteiger partial charge is 0.313 e. The van der Waals surface area contributed by atoms with E-state index >= 15 is 0 Å². The van der Waals surface area contributed by atoms with E-state index in [0.29, 0.717) is 35.2 Å². The maximum atomic E-state index is 11.9. The van der Waals surface area contributed by atoms with Gasteiger partial charge in [0, 0.05) is 37.7 Å². The molecule has 0 bridgehead atoms. The van der Waals surface area contributed by atoms with Crippen molar-refractivity contribution in [2.75, 3.05) is 44.8 Å². The lowest BCUT2D eigenvalue weighted by Gasteiger charge is -2.25. The summed E-state index contributed by atoms with van der Waals surface area (Å²) < 4.78 is 16.5. The molecule has 0 aliphatic heterocycles. The summed E-state index contributed by atoms with van der Waals surface area (Å²) in [4.78, 5) is 34.9. The van der Waals surface area contributed by atoms with Crippen molar-refractivity contribution in [3.8, 4) is 5.75 Å². The van der Waals surface area contributed by atoms with Gasteiger partial charge in [-0.2, -0.15) is 0 Å². The number of benzene rings is 2. The van der Waals surface area contributed by atoms with Gasteiger partial charge in [-0.05, 0) is 108 Å². The Morgan fingerprint density at radius 3 is 1.85 bits per heavy atom. The third kappa shape index (κ3) is 41.2. The van der Waals surface area contributed by atoms with Crippen LogP contribution >= 0.6 is 23.2 Å². The number of carbonyl (C=O) groups is 3. The van der Waals surface area contributed by atoms with Crippen LogP contribution in [-0.2, 0) is 30.3 Å². The van der Waals surface area contributed by atoms with E-state index in [2.05, 4.69) is 105 Å². The van der Waals surface area contributed by atoms with E-state index in [-0.39, 0.29) is 62.2 Å². The molecule has 4 N–H and O–H groups in total. The van der Waals surface area contributed by atoms with Crippen molar-refractivity contribution < 1.29 is 33.7 Å². The molecule has 2 aromatic carbocycles. The monoisotopic (exact) mass is 968 g/mol. The van der Waals surface area contributed by atoms with E-state index in [1.807, 2.05) is 38.1 Å². The molecule has 66 heavy (non-hydrogen) atoms. The molecule has 0 heterocycles. The number of hydrogen-bond acceptors (Lipinski definition) is 8. The van der Waals surface area contributed by atoms with Crippen LogP contribution in [0.1, 0.15) is 180 Å². The highest BCUT2D eigenvalue weighted by molar-refractivity contribution is 6.37. The van der Waals surface area contributed by atoms with Crippen molar-refractivity contribution in [3.63, 3.8) is 0 Å². The lowest BCUT2D eigenvalue weighted by atomic mass is 10.0. The van der Waals surface area contributed by atoms with Crippen molar-refractivity contribution in [3.05, 3.63) is 69.7 Å². The van der Waals surface area contributed by atoms with Crippen LogP contribution in [0.15, 0.2) is 54.1 Å². The standard InChI is InChI=1S/C19H31N3O3.C18H26Cl2O4.C7H16.C6H12.C4H10/c1-3-11-20-16(4-2)14-15-5-7-17(8-6-15)22-19(25)9-12-21-18(24)10-13-23;1-13(2)8-11-23-18(3,4)12-22-10-9-16(21)24-17-14(19)6-5-7-15(17)20;1-4-6-7(3)5-2;1-4-6(3)5-2;1-3-4-2/h5-8,16,20,23H,3-4,9-14H2,1-2H3,(H,21,24)(H,22,25);5-7,13H,8-12H2,1-4H3;7H,4-6H2,1-3H3;4H,5H2,1-3H3;3-4H2,1-2H3/b;;;6-4+;. The van der Waals surface area contributed by atoms with E-state index < -0.39 is 5.97 Å². The Kier molecular flexibility index (Phi) is 45.4. The summed E-state index contributed by atoms with van der Waals surface area (Å²) >= 11 is 11.9. The molecule has 2 rings (SSSR count). The van der Waals surface area contributed by atoms with E-state index in [9.17, 15) is 14.4 Å². The van der Waals surface area contributed by atoms with Crippen LogP contribution in [-0.4, -0.2) is 74.1 Å². The molecule has 0 aromatic heterocycles. The van der Waals surface area contributed by atoms with Gasteiger partial charge in [0.2, 0.25) is 11.8 Å². The molecule has 2 unspecified atom stereocenters. The maximum absolute atomic E-state index is 11.9. The fraction of sp³-hybridized carbons (Fsp3) is 0.685. The van der Waals surface area contributed by atoms with Gasteiger partial charge in [-0.3, -0.25) is 14.4 Å². The van der Waals surface area contributed by atoms with Gasteiger partial charge in [-0.15, -0.1) is 0 Å². The van der Waals surface area contributed by atoms with Crippen LogP contribution < -0.4 is 20.7 Å². The molecule has 0 aliphatic carbocycles. The summed E-state index contributed by atoms with van der Waals surface area (Å²) in [5.41, 5.74) is 3.08. The number of allylic oxidation sites excluding steroid dienone is 2. The van der Waals surface area contributed by atoms with Crippen LogP contribution in [0.2, 0.25) is 10.0 Å². The van der Waals surface area contributed by atoms with Crippen LogP contribution in [0.3, 0.4) is 0 Å². The molecule has 0 spiro atoms. The fourth-order valence-corrected chi connectivity index (χ4v) is 5.65. The molecule has 12 heteroatoms. The van der Waals surface area contributed by atoms with Crippen LogP contribution in [0.4, 0.5) is 5.69 Å². The van der Waals surface area contributed by atoms with Crippen molar-refractivity contribution in [2.24, 2.45) is 11.8 Å². The second-order valence-electron chi connectivity index (χ2n) is 17.5. The van der Waals surface area contributed by atoms with Crippen LogP contribution in [0.5, 0.6) is 5.75 Å². The quantitative estimate of drug-likeness (QED) is 0.0301. The Morgan fingerprint density at radius 2 is 1.39 bits per heavy atom. The highest BCUT2D eigenvalue weighted by Crippen LogP contribution is 2.32. The molecule has 382 valence electrons. The van der Waals surface area contributed by atoms with E-state index in [4.69, 9.17) is 42.5 Å². The van der Waals surface area contributed by atoms with Gasteiger partial charge in [0.1, 0.15) is 0 Å². The van der Waals surface area contributed by atoms with Gasteiger partial charge in [-0.25, -0.2) is 0 Å². The minimum atomic E-state index is -0.441. The summed E-state index contributed by atoms with van der Waals surface area (Å²) in [5.74, 6) is 0.903. The molecule has 0 saturated heterocycles. The average Bonchev–Trinajstić information content (AvgIpc) is 3.28. The fourth-order valence-electron chi connectivity index (χ4n) is 5.18. The van der Waals surface area contributed by atoms with Crippen molar-refractivity contribution >= 4 is 46.7 Å². The second kappa shape index (κ2) is 44.5. The highest BCUT2D eigenvalue weighted by atomic mass is 35.5. The number of anilines is 1. The first-order valence-electron chi connectivity index (χ1n) is 24.8. The number of unbranched alkanes of at least 4 members (excludes halogenated alkanes) is 1. The minimum Gasteiger partial charge on any atom is -0.423 e. The van der Waals surface area contributed by atoms with E-state index in [1.54, 1.807) is 18.2 Å². The SMILES string of the molecule is C/C=C(\C)CC.CC(C)CCOC(C)(C)COCCC(=O)Oc1c(Cl)cccc1Cl.CCCC.CCCC(C)CC.CCCNC(CC)Cc1ccc(NC(=O)CCNC(=O)CCO)cc1. The Bertz CT molecular complexity index is 1500. The molecule has 2 atom stereocenters. The zero-order chi connectivity index (χ0) is 50.8. The number of nitrogens with one attached hydrogen (secondary N) is 3. The highest BCUT2D eigenvalue weighted by Gasteiger charge is 2.19. The van der Waals surface area contributed by atoms with Gasteiger partial charge in [0.25, 0.3) is 0 Å². The largest absolute Gasteiger partial charge is 0.423 e. The number of esters is 1. The minimum absolute atomic E-state index is 0.0644. The predicted octanol–water partition coefficient (Wildman–Crippen LogP) is 14.0. The van der Waals surface area contributed by atoms with Gasteiger partial charge in [0.05, 0.1) is 41.9 Å². The lowest BCUT2D eigenvalue weighted by molar-refractivity contribution is -0.137. The van der Waals surface area contributed by atoms with E-state index in [1.165, 1.54) is 49.7 Å². The second-order valence-corrected chi connectivity index (χ2v) is 18.3. The number of aliphatic hydroxyl groups excluding tert-OH is 1. The Labute approximate surface area is 413 Å². The Balaban J connectivity index is -0.000000891. The first kappa shape index (κ1) is 67.3. The van der Waals surface area contributed by atoms with Crippen LogP contribution in [0.25, 0.3) is 0 Å². The molecular formula is C54H95Cl2N3O7. The average molecular weight is 969 g/mol. The number of hydrogen-bond donors (Lipinski definition) is 4. The molecule has 10 nitrogen and oxygen atoms in total. The molecule has 2 amide bonds. The Hall–Kier alpha value is -2.99. The first-order chi connectivity index (χ1) is 31.3. The number of amides is 2. The van der Waals surface area contributed by atoms with Crippen molar-refractivity contribution in [1.29, 1.82) is 0 Å². The lowest BCUT2D eigenvalue weighted by Crippen LogP contribution is -2.32. The van der Waals surface area contributed by atoms with Gasteiger partial charge < -0.3 is 35.3 Å². The topological polar surface area (TPSA) is 135 Å². The number of ether oxygens (including phenoxy) is 3. The summed E-state index contributed by atoms with van der Waals surface area (Å²) in [7, 11) is 0. The molecule has 0 fully saturated rings.